The van der Waals surface area contributed by atoms with Gasteiger partial charge in [0.2, 0.25) is 0 Å². The molecule has 1 saturated heterocycles. The normalized spacial score (nSPS) is 15.4. The van der Waals surface area contributed by atoms with Crippen molar-refractivity contribution in [2.45, 2.75) is 12.8 Å². The number of nitrogens with zero attached hydrogens (tertiary/aromatic N) is 1. The Labute approximate surface area is 196 Å². The van der Waals surface area contributed by atoms with Crippen LogP contribution in [-0.2, 0) is 17.6 Å². The molecule has 0 bridgehead atoms. The van der Waals surface area contributed by atoms with Crippen LogP contribution in [0.4, 0.5) is 23.7 Å². The Bertz CT molecular complexity index is 1260. The third-order valence-electron chi connectivity index (χ3n) is 4.77. The molecule has 0 aliphatic carbocycles. The second-order valence-corrected chi connectivity index (χ2v) is 8.38. The molecule has 0 atom stereocenters. The van der Waals surface area contributed by atoms with Crippen molar-refractivity contribution in [2.24, 2.45) is 0 Å². The lowest BCUT2D eigenvalue weighted by atomic mass is 10.1. The maximum atomic E-state index is 13.1. The van der Waals surface area contributed by atoms with Crippen molar-refractivity contribution in [3.63, 3.8) is 0 Å². The summed E-state index contributed by atoms with van der Waals surface area (Å²) in [5.41, 5.74) is 0.235. The number of ether oxygens (including phenoxy) is 1. The first-order valence-electron chi connectivity index (χ1n) is 9.64. The number of alkyl halides is 3. The second kappa shape index (κ2) is 9.33. The van der Waals surface area contributed by atoms with Gasteiger partial charge in [-0.25, -0.2) is 4.90 Å². The zero-order valence-electron chi connectivity index (χ0n) is 16.8. The van der Waals surface area contributed by atoms with E-state index in [0.29, 0.717) is 28.1 Å². The monoisotopic (exact) mass is 489 g/mol. The van der Waals surface area contributed by atoms with Crippen LogP contribution in [-0.4, -0.2) is 11.1 Å². The van der Waals surface area contributed by atoms with Gasteiger partial charge in [0.25, 0.3) is 11.1 Å². The lowest BCUT2D eigenvalue weighted by molar-refractivity contribution is -0.137. The van der Waals surface area contributed by atoms with Gasteiger partial charge in [0.05, 0.1) is 16.2 Å². The van der Waals surface area contributed by atoms with Gasteiger partial charge in [0.15, 0.2) is 0 Å². The van der Waals surface area contributed by atoms with Crippen LogP contribution >= 0.6 is 23.4 Å². The number of rotatable bonds is 5. The summed E-state index contributed by atoms with van der Waals surface area (Å²) in [6, 6.07) is 18.2. The Morgan fingerprint density at radius 1 is 0.970 bits per heavy atom. The van der Waals surface area contributed by atoms with E-state index in [4.69, 9.17) is 16.3 Å². The van der Waals surface area contributed by atoms with Crippen LogP contribution in [0.15, 0.2) is 77.7 Å². The van der Waals surface area contributed by atoms with E-state index < -0.39 is 22.9 Å². The molecule has 1 fully saturated rings. The molecule has 33 heavy (non-hydrogen) atoms. The zero-order chi connectivity index (χ0) is 23.6. The van der Waals surface area contributed by atoms with Crippen LogP contribution in [0.3, 0.4) is 0 Å². The highest BCUT2D eigenvalue weighted by atomic mass is 35.5. The molecule has 4 rings (SSSR count). The van der Waals surface area contributed by atoms with Crippen molar-refractivity contribution in [3.05, 3.63) is 99.4 Å². The number of benzene rings is 3. The summed E-state index contributed by atoms with van der Waals surface area (Å²) in [6.07, 6.45) is -3.11. The predicted octanol–water partition coefficient (Wildman–Crippen LogP) is 7.18. The largest absolute Gasteiger partial charge is 0.488 e. The Morgan fingerprint density at radius 3 is 2.45 bits per heavy atom. The molecule has 0 unspecified atom stereocenters. The van der Waals surface area contributed by atoms with Crippen LogP contribution < -0.4 is 9.64 Å². The van der Waals surface area contributed by atoms with E-state index in [1.807, 2.05) is 12.1 Å². The number of halogens is 4. The van der Waals surface area contributed by atoms with Gasteiger partial charge in [-0.1, -0.05) is 54.1 Å². The van der Waals surface area contributed by atoms with Gasteiger partial charge in [0.1, 0.15) is 12.4 Å². The molecule has 1 aliphatic heterocycles. The molecular weight excluding hydrogens is 475 g/mol. The van der Waals surface area contributed by atoms with Gasteiger partial charge in [0, 0.05) is 16.1 Å². The number of anilines is 1. The zero-order valence-corrected chi connectivity index (χ0v) is 18.4. The molecule has 2 amide bonds. The van der Waals surface area contributed by atoms with Crippen LogP contribution in [0.2, 0.25) is 5.02 Å². The molecule has 0 aromatic heterocycles. The van der Waals surface area contributed by atoms with E-state index in [9.17, 15) is 22.8 Å². The molecule has 0 saturated carbocycles. The first kappa shape index (κ1) is 22.9. The Hall–Kier alpha value is -3.23. The highest BCUT2D eigenvalue weighted by Crippen LogP contribution is 2.39. The predicted molar refractivity (Wildman–Crippen MR) is 122 cm³/mol. The number of para-hydroxylation sites is 1. The van der Waals surface area contributed by atoms with Crippen LogP contribution in [0, 0.1) is 0 Å². The molecule has 4 nitrogen and oxygen atoms in total. The highest BCUT2D eigenvalue weighted by Gasteiger charge is 2.38. The van der Waals surface area contributed by atoms with Gasteiger partial charge in [-0.2, -0.15) is 13.2 Å². The Morgan fingerprint density at radius 2 is 1.70 bits per heavy atom. The minimum Gasteiger partial charge on any atom is -0.488 e. The first-order chi connectivity index (χ1) is 15.7. The van der Waals surface area contributed by atoms with Crippen LogP contribution in [0.5, 0.6) is 5.75 Å². The van der Waals surface area contributed by atoms with Crippen molar-refractivity contribution in [1.29, 1.82) is 0 Å². The van der Waals surface area contributed by atoms with Crippen molar-refractivity contribution in [2.75, 3.05) is 4.90 Å². The third kappa shape index (κ3) is 5.07. The Kier molecular flexibility index (Phi) is 6.49. The summed E-state index contributed by atoms with van der Waals surface area (Å²) in [7, 11) is 0. The topological polar surface area (TPSA) is 46.6 Å². The fourth-order valence-corrected chi connectivity index (χ4v) is 4.18. The quantitative estimate of drug-likeness (QED) is 0.356. The maximum absolute atomic E-state index is 13.1. The van der Waals surface area contributed by atoms with Crippen molar-refractivity contribution in [3.8, 4) is 5.75 Å². The van der Waals surface area contributed by atoms with E-state index in [2.05, 4.69) is 0 Å². The number of carbonyl (C=O) groups excluding carboxylic acids is 2. The molecule has 0 radical (unpaired) electrons. The van der Waals surface area contributed by atoms with E-state index in [-0.39, 0.29) is 17.2 Å². The smallest absolute Gasteiger partial charge is 0.416 e. The third-order valence-corrected chi connectivity index (χ3v) is 6.01. The number of hydrogen-bond donors (Lipinski definition) is 0. The minimum absolute atomic E-state index is 0.0752. The van der Waals surface area contributed by atoms with E-state index in [1.165, 1.54) is 12.1 Å². The summed E-state index contributed by atoms with van der Waals surface area (Å²) < 4.78 is 45.0. The average molecular weight is 490 g/mol. The summed E-state index contributed by atoms with van der Waals surface area (Å²) in [6.45, 7) is 0.191. The molecule has 1 aliphatic rings. The van der Waals surface area contributed by atoms with Crippen molar-refractivity contribution in [1.82, 2.24) is 0 Å². The first-order valence-corrected chi connectivity index (χ1v) is 10.8. The van der Waals surface area contributed by atoms with Crippen LogP contribution in [0.25, 0.3) is 6.08 Å². The van der Waals surface area contributed by atoms with Crippen molar-refractivity contribution >= 4 is 46.3 Å². The van der Waals surface area contributed by atoms with E-state index >= 15 is 0 Å². The number of carbonyl (C=O) groups is 2. The molecule has 0 spiro atoms. The van der Waals surface area contributed by atoms with Gasteiger partial charge in [-0.3, -0.25) is 9.59 Å². The molecule has 3 aromatic carbocycles. The number of thioether (sulfide) groups is 1. The fourth-order valence-electron chi connectivity index (χ4n) is 3.16. The average Bonchev–Trinajstić information content (AvgIpc) is 3.06. The Balaban J connectivity index is 1.59. The van der Waals surface area contributed by atoms with Gasteiger partial charge >= 0.3 is 6.18 Å². The number of imide groups is 1. The van der Waals surface area contributed by atoms with Gasteiger partial charge in [-0.05, 0) is 48.2 Å². The maximum Gasteiger partial charge on any atom is 0.416 e. The van der Waals surface area contributed by atoms with E-state index in [1.54, 1.807) is 36.4 Å². The van der Waals surface area contributed by atoms with Gasteiger partial charge in [-0.15, -0.1) is 0 Å². The van der Waals surface area contributed by atoms with E-state index in [0.717, 1.165) is 28.7 Å². The number of amides is 2. The highest BCUT2D eigenvalue weighted by molar-refractivity contribution is 8.19. The summed E-state index contributed by atoms with van der Waals surface area (Å²) in [5.74, 6) is -0.242. The molecule has 168 valence electrons. The summed E-state index contributed by atoms with van der Waals surface area (Å²) >= 11 is 6.81. The minimum atomic E-state index is -4.59. The lowest BCUT2D eigenvalue weighted by Gasteiger charge is -2.15. The molecule has 9 heteroatoms. The molecule has 0 N–H and O–H groups in total. The van der Waals surface area contributed by atoms with Gasteiger partial charge < -0.3 is 4.74 Å². The SMILES string of the molecule is O=C1S/C(=C\c2ccccc2OCc2ccccc2Cl)C(=O)N1c1cccc(C(F)(F)F)c1. The number of hydrogen-bond acceptors (Lipinski definition) is 4. The summed E-state index contributed by atoms with van der Waals surface area (Å²) in [5, 5.41) is -0.128. The summed E-state index contributed by atoms with van der Waals surface area (Å²) in [4.78, 5) is 26.2. The molecule has 1 heterocycles. The standard InChI is InChI=1S/C24H15ClF3NO3S/c25-19-10-3-1-7-16(19)14-32-20-11-4-2-6-15(20)12-21-22(30)29(23(31)33-21)18-9-5-8-17(13-18)24(26,27)28/h1-13H,14H2/b21-12-. The fraction of sp³-hybridized carbons (Fsp3) is 0.0833. The second-order valence-electron chi connectivity index (χ2n) is 6.98. The molecule has 3 aromatic rings. The lowest BCUT2D eigenvalue weighted by Crippen LogP contribution is -2.28. The van der Waals surface area contributed by atoms with Crippen LogP contribution in [0.1, 0.15) is 16.7 Å². The molecular formula is C24H15ClF3NO3S. The van der Waals surface area contributed by atoms with Crippen molar-refractivity contribution < 1.29 is 27.5 Å².